The van der Waals surface area contributed by atoms with Crippen LogP contribution in [0.4, 0.5) is 23.3 Å². The first-order valence-electron chi connectivity index (χ1n) is 7.49. The summed E-state index contributed by atoms with van der Waals surface area (Å²) in [5, 5.41) is 35.6. The van der Waals surface area contributed by atoms with Gasteiger partial charge >= 0.3 is 0 Å². The molecule has 2 aromatic heterocycles. The SMILES string of the molecule is Nc1nonc1N=NN(CC(=O)NN=Cc1ccccc1O)c1nonc1N. The van der Waals surface area contributed by atoms with Crippen molar-refractivity contribution in [3.63, 3.8) is 0 Å². The molecule has 0 spiro atoms. The molecule has 0 unspecified atom stereocenters. The smallest absolute Gasteiger partial charge is 0.263 e. The van der Waals surface area contributed by atoms with E-state index in [9.17, 15) is 9.90 Å². The summed E-state index contributed by atoms with van der Waals surface area (Å²) in [4.78, 5) is 12.1. The third-order valence-electron chi connectivity index (χ3n) is 3.11. The highest BCUT2D eigenvalue weighted by Gasteiger charge is 2.19. The van der Waals surface area contributed by atoms with Crippen LogP contribution in [0.3, 0.4) is 0 Å². The molecule has 0 saturated carbocycles. The van der Waals surface area contributed by atoms with Crippen molar-refractivity contribution in [2.24, 2.45) is 15.4 Å². The van der Waals surface area contributed by atoms with Gasteiger partial charge in [0.2, 0.25) is 17.5 Å². The van der Waals surface area contributed by atoms with E-state index in [1.807, 2.05) is 0 Å². The maximum atomic E-state index is 12.1. The Labute approximate surface area is 155 Å². The van der Waals surface area contributed by atoms with Gasteiger partial charge in [-0.25, -0.2) is 19.7 Å². The highest BCUT2D eigenvalue weighted by atomic mass is 16.6. The Balaban J connectivity index is 1.69. The number of nitrogen functional groups attached to an aromatic ring is 2. The molecule has 15 heteroatoms. The van der Waals surface area contributed by atoms with Gasteiger partial charge in [-0.2, -0.15) is 5.10 Å². The fraction of sp³-hybridized carbons (Fsp3) is 0.0769. The molecule has 1 aromatic carbocycles. The number of aromatic hydroxyl groups is 1. The van der Waals surface area contributed by atoms with Crippen molar-refractivity contribution in [1.29, 1.82) is 0 Å². The number of aromatic nitrogens is 4. The van der Waals surface area contributed by atoms with Gasteiger partial charge in [0.15, 0.2) is 0 Å². The topological polar surface area (TPSA) is 220 Å². The molecule has 0 fully saturated rings. The number of nitrogens with zero attached hydrogens (tertiary/aromatic N) is 8. The highest BCUT2D eigenvalue weighted by molar-refractivity contribution is 5.86. The molecule has 0 saturated heterocycles. The molecule has 0 aliphatic rings. The minimum atomic E-state index is -0.612. The van der Waals surface area contributed by atoms with E-state index in [4.69, 9.17) is 11.5 Å². The van der Waals surface area contributed by atoms with Gasteiger partial charge in [-0.1, -0.05) is 17.4 Å². The van der Waals surface area contributed by atoms with E-state index >= 15 is 0 Å². The number of nitrogens with two attached hydrogens (primary N) is 2. The third-order valence-corrected chi connectivity index (χ3v) is 3.11. The number of carbonyl (C=O) groups is 1. The lowest BCUT2D eigenvalue weighted by Crippen LogP contribution is -2.32. The van der Waals surface area contributed by atoms with Gasteiger partial charge in [-0.05, 0) is 32.8 Å². The number of phenolic OH excluding ortho intramolecular Hbond substituents is 1. The van der Waals surface area contributed by atoms with Crippen LogP contribution >= 0.6 is 0 Å². The van der Waals surface area contributed by atoms with Crippen LogP contribution in [0.2, 0.25) is 0 Å². The number of hydrogen-bond acceptors (Lipinski definition) is 13. The third kappa shape index (κ3) is 4.34. The Morgan fingerprint density at radius 3 is 2.61 bits per heavy atom. The Morgan fingerprint density at radius 2 is 1.93 bits per heavy atom. The lowest BCUT2D eigenvalue weighted by atomic mass is 10.2. The van der Waals surface area contributed by atoms with Crippen molar-refractivity contribution in [1.82, 2.24) is 26.1 Å². The number of hydrazone groups is 1. The molecule has 15 nitrogen and oxygen atoms in total. The summed E-state index contributed by atoms with van der Waals surface area (Å²) >= 11 is 0. The standard InChI is InChI=1S/C13H13N11O4/c14-10-12(21-27-19-10)18-23-24(13-11(15)20-28-22-13)6-9(26)17-16-5-7-3-1-2-4-8(7)25/h1-5,25H,6H2,(H2,14,19)(H2,15,20)(H,17,26). The van der Waals surface area contributed by atoms with Gasteiger partial charge in [0.1, 0.15) is 12.3 Å². The molecular weight excluding hydrogens is 374 g/mol. The van der Waals surface area contributed by atoms with Crippen LogP contribution in [-0.4, -0.2) is 44.4 Å². The first-order chi connectivity index (χ1) is 13.5. The largest absolute Gasteiger partial charge is 0.507 e. The molecule has 0 atom stereocenters. The normalized spacial score (nSPS) is 11.3. The van der Waals surface area contributed by atoms with Gasteiger partial charge < -0.3 is 16.6 Å². The zero-order valence-electron chi connectivity index (χ0n) is 14.0. The summed E-state index contributed by atoms with van der Waals surface area (Å²) in [6.07, 6.45) is 1.27. The summed E-state index contributed by atoms with van der Waals surface area (Å²) in [5.74, 6) is -1.02. The monoisotopic (exact) mass is 387 g/mol. The number of hydrogen-bond donors (Lipinski definition) is 4. The second-order valence-electron chi connectivity index (χ2n) is 5.05. The summed E-state index contributed by atoms with van der Waals surface area (Å²) in [6, 6.07) is 6.46. The molecule has 3 aromatic rings. The number of rotatable bonds is 7. The molecule has 2 heterocycles. The quantitative estimate of drug-likeness (QED) is 0.239. The van der Waals surface area contributed by atoms with Crippen LogP contribution < -0.4 is 21.9 Å². The average Bonchev–Trinajstić information content (AvgIpc) is 3.28. The van der Waals surface area contributed by atoms with E-state index in [0.29, 0.717) is 5.56 Å². The number of nitrogens with one attached hydrogen (secondary N) is 1. The van der Waals surface area contributed by atoms with E-state index in [2.05, 4.69) is 50.7 Å². The fourth-order valence-electron chi connectivity index (χ4n) is 1.82. The van der Waals surface area contributed by atoms with Crippen molar-refractivity contribution in [2.75, 3.05) is 23.0 Å². The number of phenols is 1. The Kier molecular flexibility index (Phi) is 5.35. The molecule has 0 bridgehead atoms. The van der Waals surface area contributed by atoms with Gasteiger partial charge in [-0.3, -0.25) is 4.79 Å². The van der Waals surface area contributed by atoms with Crippen LogP contribution in [0, 0.1) is 0 Å². The van der Waals surface area contributed by atoms with E-state index < -0.39 is 12.5 Å². The molecule has 3 rings (SSSR count). The molecule has 0 aliphatic heterocycles. The van der Waals surface area contributed by atoms with Gasteiger partial charge in [0.25, 0.3) is 11.7 Å². The number of benzene rings is 1. The van der Waals surface area contributed by atoms with Gasteiger partial charge in [0.05, 0.1) is 6.21 Å². The minimum absolute atomic E-state index is 0.0104. The number of para-hydroxylation sites is 1. The predicted molar refractivity (Wildman–Crippen MR) is 93.1 cm³/mol. The summed E-state index contributed by atoms with van der Waals surface area (Å²) in [6.45, 7) is -0.411. The van der Waals surface area contributed by atoms with Crippen molar-refractivity contribution in [2.45, 2.75) is 0 Å². The Morgan fingerprint density at radius 1 is 1.18 bits per heavy atom. The lowest BCUT2D eigenvalue weighted by molar-refractivity contribution is -0.119. The lowest BCUT2D eigenvalue weighted by Gasteiger charge is -2.12. The molecule has 0 aliphatic carbocycles. The number of carbonyl (C=O) groups excluding carboxylic acids is 1. The van der Waals surface area contributed by atoms with Crippen molar-refractivity contribution < 1.29 is 19.2 Å². The Hall–Kier alpha value is -4.56. The maximum absolute atomic E-state index is 12.1. The van der Waals surface area contributed by atoms with Crippen molar-refractivity contribution >= 4 is 35.4 Å². The first kappa shape index (κ1) is 18.2. The average molecular weight is 387 g/mol. The second kappa shape index (κ2) is 8.21. The molecular formula is C13H13N11O4. The second-order valence-corrected chi connectivity index (χ2v) is 5.05. The minimum Gasteiger partial charge on any atom is -0.507 e. The van der Waals surface area contributed by atoms with Crippen LogP contribution in [0.15, 0.2) is 49.0 Å². The first-order valence-corrected chi connectivity index (χ1v) is 7.49. The molecule has 6 N–H and O–H groups in total. The van der Waals surface area contributed by atoms with Crippen molar-refractivity contribution in [3.8, 4) is 5.75 Å². The maximum Gasteiger partial charge on any atom is 0.263 e. The Bertz CT molecular complexity index is 1010. The van der Waals surface area contributed by atoms with Crippen molar-refractivity contribution in [3.05, 3.63) is 29.8 Å². The van der Waals surface area contributed by atoms with Gasteiger partial charge in [0, 0.05) is 5.56 Å². The van der Waals surface area contributed by atoms with E-state index in [1.54, 1.807) is 18.2 Å². The summed E-state index contributed by atoms with van der Waals surface area (Å²) in [7, 11) is 0. The van der Waals surface area contributed by atoms with E-state index in [1.165, 1.54) is 12.3 Å². The zero-order valence-corrected chi connectivity index (χ0v) is 14.0. The predicted octanol–water partition coefficient (Wildman–Crippen LogP) is -0.0218. The van der Waals surface area contributed by atoms with E-state index in [0.717, 1.165) is 5.01 Å². The van der Waals surface area contributed by atoms with Crippen LogP contribution in [0.5, 0.6) is 5.75 Å². The van der Waals surface area contributed by atoms with Crippen LogP contribution in [-0.2, 0) is 4.79 Å². The molecule has 0 radical (unpaired) electrons. The molecule has 28 heavy (non-hydrogen) atoms. The molecule has 144 valence electrons. The van der Waals surface area contributed by atoms with Gasteiger partial charge in [-0.15, -0.1) is 5.11 Å². The summed E-state index contributed by atoms with van der Waals surface area (Å²) < 4.78 is 8.88. The molecule has 1 amide bonds. The fourth-order valence-corrected chi connectivity index (χ4v) is 1.82. The number of amides is 1. The number of anilines is 3. The van der Waals surface area contributed by atoms with Crippen LogP contribution in [0.25, 0.3) is 0 Å². The highest BCUT2D eigenvalue weighted by Crippen LogP contribution is 2.21. The zero-order chi connectivity index (χ0) is 19.9. The van der Waals surface area contributed by atoms with Crippen LogP contribution in [0.1, 0.15) is 5.56 Å². The van der Waals surface area contributed by atoms with E-state index in [-0.39, 0.29) is 29.0 Å². The summed E-state index contributed by atoms with van der Waals surface area (Å²) in [5.41, 5.74) is 13.8.